The summed E-state index contributed by atoms with van der Waals surface area (Å²) in [6.07, 6.45) is 2.15. The van der Waals surface area contributed by atoms with Crippen LogP contribution in [-0.2, 0) is 4.79 Å². The zero-order valence-corrected chi connectivity index (χ0v) is 20.6. The van der Waals surface area contributed by atoms with Crippen LogP contribution in [0.4, 0.5) is 5.82 Å². The Kier molecular flexibility index (Phi) is 5.97. The Balaban J connectivity index is 1.57. The molecule has 0 aliphatic rings. The van der Waals surface area contributed by atoms with Gasteiger partial charge in [0.05, 0.1) is 23.5 Å². The van der Waals surface area contributed by atoms with E-state index in [9.17, 15) is 9.59 Å². The molecule has 2 aromatic carbocycles. The van der Waals surface area contributed by atoms with Crippen molar-refractivity contribution in [1.82, 2.24) is 29.5 Å². The number of aromatic nitrogens is 6. The highest BCUT2D eigenvalue weighted by atomic mass is 16.2. The molecule has 0 fully saturated rings. The Bertz CT molecular complexity index is 1630. The first-order chi connectivity index (χ1) is 17.4. The Labute approximate surface area is 207 Å². The molecule has 1 atom stereocenters. The average Bonchev–Trinajstić information content (AvgIpc) is 3.45. The number of hydrogen-bond acceptors (Lipinski definition) is 5. The van der Waals surface area contributed by atoms with Crippen LogP contribution in [0.15, 0.2) is 65.6 Å². The van der Waals surface area contributed by atoms with Crippen LogP contribution in [0.1, 0.15) is 41.6 Å². The first kappa shape index (κ1) is 23.2. The third kappa shape index (κ3) is 4.08. The monoisotopic (exact) mass is 481 g/mol. The number of benzene rings is 2. The average molecular weight is 482 g/mol. The molecular weight excluding hydrogens is 454 g/mol. The molecule has 3 aromatic heterocycles. The number of fused-ring (bicyclic) bond motifs is 1. The lowest BCUT2D eigenvalue weighted by molar-refractivity contribution is -0.117. The minimum atomic E-state index is -0.340. The molecule has 0 saturated carbocycles. The molecule has 5 rings (SSSR count). The van der Waals surface area contributed by atoms with Gasteiger partial charge in [-0.15, -0.1) is 0 Å². The van der Waals surface area contributed by atoms with Crippen LogP contribution < -0.4 is 10.9 Å². The summed E-state index contributed by atoms with van der Waals surface area (Å²) in [5.74, 6) is 0.131. The van der Waals surface area contributed by atoms with E-state index in [-0.39, 0.29) is 23.3 Å². The van der Waals surface area contributed by atoms with Crippen LogP contribution in [-0.4, -0.2) is 35.4 Å². The maximum Gasteiger partial charge on any atom is 0.263 e. The second-order valence-corrected chi connectivity index (χ2v) is 8.85. The van der Waals surface area contributed by atoms with E-state index in [1.165, 1.54) is 10.9 Å². The molecule has 182 valence electrons. The minimum Gasteiger partial charge on any atom is -0.310 e. The maximum atomic E-state index is 13.2. The summed E-state index contributed by atoms with van der Waals surface area (Å²) >= 11 is 0. The number of H-pyrrole nitrogens is 1. The van der Waals surface area contributed by atoms with Gasteiger partial charge in [0.2, 0.25) is 11.9 Å². The van der Waals surface area contributed by atoms with Crippen LogP contribution >= 0.6 is 0 Å². The Morgan fingerprint density at radius 2 is 1.83 bits per heavy atom. The number of aryl methyl sites for hydroxylation is 2. The van der Waals surface area contributed by atoms with Gasteiger partial charge in [-0.2, -0.15) is 19.9 Å². The summed E-state index contributed by atoms with van der Waals surface area (Å²) in [6.45, 7) is 7.82. The number of nitrogens with one attached hydrogen (secondary N) is 2. The van der Waals surface area contributed by atoms with Gasteiger partial charge >= 0.3 is 0 Å². The number of aromatic amines is 1. The van der Waals surface area contributed by atoms with Gasteiger partial charge in [0.15, 0.2) is 5.65 Å². The second-order valence-electron chi connectivity index (χ2n) is 8.85. The van der Waals surface area contributed by atoms with Gasteiger partial charge in [-0.25, -0.2) is 4.68 Å². The van der Waals surface area contributed by atoms with Crippen molar-refractivity contribution < 1.29 is 4.79 Å². The Morgan fingerprint density at radius 3 is 2.58 bits per heavy atom. The lowest BCUT2D eigenvalue weighted by Crippen LogP contribution is -2.23. The zero-order valence-electron chi connectivity index (χ0n) is 20.6. The SMILES string of the molecule is CCC(C(=O)Nc1cc(C)nn1-c1nc2c(cnn2-c2cccc(C)c2C)c(=O)[nH]1)c1ccccc1. The quantitative estimate of drug-likeness (QED) is 0.375. The third-order valence-corrected chi connectivity index (χ3v) is 6.44. The predicted molar refractivity (Wildman–Crippen MR) is 139 cm³/mol. The highest BCUT2D eigenvalue weighted by molar-refractivity contribution is 5.95. The van der Waals surface area contributed by atoms with Crippen LogP contribution in [0.25, 0.3) is 22.7 Å². The standard InChI is InChI=1S/C27H27N7O2/c1-5-20(19-11-7-6-8-12-19)25(35)29-23-14-17(3)32-34(23)27-30-24-21(26(36)31-27)15-28-33(24)22-13-9-10-16(2)18(22)4/h6-15,20H,5H2,1-4H3,(H,29,35)(H,30,31,36). The van der Waals surface area contributed by atoms with Crippen molar-refractivity contribution in [2.75, 3.05) is 5.32 Å². The van der Waals surface area contributed by atoms with E-state index >= 15 is 0 Å². The Morgan fingerprint density at radius 1 is 1.06 bits per heavy atom. The Hall–Kier alpha value is -4.53. The summed E-state index contributed by atoms with van der Waals surface area (Å²) < 4.78 is 3.11. The molecule has 9 heteroatoms. The smallest absolute Gasteiger partial charge is 0.263 e. The molecule has 0 aliphatic carbocycles. The molecule has 5 aromatic rings. The lowest BCUT2D eigenvalue weighted by Gasteiger charge is -2.16. The molecule has 0 aliphatic heterocycles. The fourth-order valence-electron chi connectivity index (χ4n) is 4.37. The van der Waals surface area contributed by atoms with E-state index in [4.69, 9.17) is 4.98 Å². The first-order valence-corrected chi connectivity index (χ1v) is 11.8. The normalized spacial score (nSPS) is 12.1. The van der Waals surface area contributed by atoms with Gasteiger partial charge in [0.1, 0.15) is 11.2 Å². The van der Waals surface area contributed by atoms with Crippen molar-refractivity contribution in [1.29, 1.82) is 0 Å². The van der Waals surface area contributed by atoms with Crippen molar-refractivity contribution in [3.63, 3.8) is 0 Å². The molecule has 1 amide bonds. The van der Waals surface area contributed by atoms with E-state index in [1.807, 2.05) is 76.2 Å². The summed E-state index contributed by atoms with van der Waals surface area (Å²) in [7, 11) is 0. The van der Waals surface area contributed by atoms with E-state index in [2.05, 4.69) is 20.5 Å². The molecule has 0 bridgehead atoms. The highest BCUT2D eigenvalue weighted by Gasteiger charge is 2.22. The van der Waals surface area contributed by atoms with Gasteiger partial charge in [-0.05, 0) is 49.9 Å². The first-order valence-electron chi connectivity index (χ1n) is 11.8. The van der Waals surface area contributed by atoms with Gasteiger partial charge in [-0.3, -0.25) is 14.6 Å². The summed E-state index contributed by atoms with van der Waals surface area (Å²) in [6, 6.07) is 17.3. The van der Waals surface area contributed by atoms with Gasteiger partial charge in [0.25, 0.3) is 5.56 Å². The second kappa shape index (κ2) is 9.26. The molecule has 36 heavy (non-hydrogen) atoms. The maximum absolute atomic E-state index is 13.2. The number of nitrogens with zero attached hydrogens (tertiary/aromatic N) is 5. The summed E-state index contributed by atoms with van der Waals surface area (Å²) in [5, 5.41) is 12.3. The number of hydrogen-bond donors (Lipinski definition) is 2. The van der Waals surface area contributed by atoms with Gasteiger partial charge < -0.3 is 5.32 Å². The van der Waals surface area contributed by atoms with Crippen LogP contribution in [0.3, 0.4) is 0 Å². The number of rotatable bonds is 6. The minimum absolute atomic E-state index is 0.159. The largest absolute Gasteiger partial charge is 0.310 e. The molecule has 0 radical (unpaired) electrons. The zero-order chi connectivity index (χ0) is 25.4. The van der Waals surface area contributed by atoms with Crippen molar-refractivity contribution >= 4 is 22.8 Å². The molecule has 1 unspecified atom stereocenters. The van der Waals surface area contributed by atoms with E-state index in [0.717, 1.165) is 22.4 Å². The molecule has 0 spiro atoms. The van der Waals surface area contributed by atoms with Crippen LogP contribution in [0, 0.1) is 20.8 Å². The van der Waals surface area contributed by atoms with Crippen molar-refractivity contribution in [2.24, 2.45) is 0 Å². The van der Waals surface area contributed by atoms with Gasteiger partial charge in [-0.1, -0.05) is 49.4 Å². The number of carbonyl (C=O) groups is 1. The van der Waals surface area contributed by atoms with Crippen molar-refractivity contribution in [3.8, 4) is 11.6 Å². The van der Waals surface area contributed by atoms with Crippen LogP contribution in [0.2, 0.25) is 0 Å². The van der Waals surface area contributed by atoms with E-state index in [0.29, 0.717) is 29.0 Å². The summed E-state index contributed by atoms with van der Waals surface area (Å²) in [5.41, 5.74) is 4.66. The number of carbonyl (C=O) groups excluding carboxylic acids is 1. The van der Waals surface area contributed by atoms with E-state index in [1.54, 1.807) is 10.7 Å². The van der Waals surface area contributed by atoms with E-state index < -0.39 is 0 Å². The lowest BCUT2D eigenvalue weighted by atomic mass is 9.96. The number of anilines is 1. The fraction of sp³-hybridized carbons (Fsp3) is 0.222. The van der Waals surface area contributed by atoms with Crippen LogP contribution in [0.5, 0.6) is 0 Å². The number of amides is 1. The predicted octanol–water partition coefficient (Wildman–Crippen LogP) is 4.35. The van der Waals surface area contributed by atoms with Crippen molar-refractivity contribution in [2.45, 2.75) is 40.0 Å². The van der Waals surface area contributed by atoms with Gasteiger partial charge in [0, 0.05) is 6.07 Å². The molecule has 9 nitrogen and oxygen atoms in total. The molecular formula is C27H27N7O2. The third-order valence-electron chi connectivity index (χ3n) is 6.44. The summed E-state index contributed by atoms with van der Waals surface area (Å²) in [4.78, 5) is 33.7. The topological polar surface area (TPSA) is 110 Å². The highest BCUT2D eigenvalue weighted by Crippen LogP contribution is 2.24. The molecule has 2 N–H and O–H groups in total. The van der Waals surface area contributed by atoms with Crippen molar-refractivity contribution in [3.05, 3.63) is 93.5 Å². The molecule has 3 heterocycles. The fourth-order valence-corrected chi connectivity index (χ4v) is 4.37. The molecule has 0 saturated heterocycles.